The molecule has 0 saturated heterocycles. The molecule has 6 heteroatoms. The minimum atomic E-state index is 0.141. The fraction of sp³-hybridized carbons (Fsp3) is 0.0238. The minimum Gasteiger partial charge on any atom is -0.375 e. The topological polar surface area (TPSA) is 50.7 Å². The van der Waals surface area contributed by atoms with Crippen LogP contribution in [-0.4, -0.2) is 15.0 Å². The molecule has 48 heavy (non-hydrogen) atoms. The molecule has 4 nitrogen and oxygen atoms in total. The lowest BCUT2D eigenvalue weighted by Crippen LogP contribution is -2.07. The second-order valence-corrected chi connectivity index (χ2v) is 13.7. The highest BCUT2D eigenvalue weighted by Crippen LogP contribution is 2.46. The molecule has 228 valence electrons. The van der Waals surface area contributed by atoms with Crippen LogP contribution in [-0.2, 0) is 0 Å². The highest BCUT2D eigenvalue weighted by molar-refractivity contribution is 8.02. The summed E-state index contributed by atoms with van der Waals surface area (Å²) in [4.78, 5) is 14.1. The third kappa shape index (κ3) is 5.07. The summed E-state index contributed by atoms with van der Waals surface area (Å²) in [7, 11) is 0. The molecular weight excluding hydrogens is 625 g/mol. The Kier molecular flexibility index (Phi) is 7.30. The Morgan fingerprint density at radius 2 is 1.21 bits per heavy atom. The Hall–Kier alpha value is -5.56. The lowest BCUT2D eigenvalue weighted by Gasteiger charge is -2.20. The first kappa shape index (κ1) is 28.6. The average Bonchev–Trinajstić information content (AvgIpc) is 3.90. The Labute approximate surface area is 286 Å². The number of nitrogens with zero attached hydrogens (tertiary/aromatic N) is 3. The van der Waals surface area contributed by atoms with Crippen molar-refractivity contribution >= 4 is 44.6 Å². The Bertz CT molecular complexity index is 2460. The molecule has 0 saturated carbocycles. The van der Waals surface area contributed by atoms with Gasteiger partial charge in [-0.15, -0.1) is 23.1 Å². The summed E-state index contributed by atoms with van der Waals surface area (Å²) >= 11 is 3.39. The normalized spacial score (nSPS) is 14.0. The Morgan fingerprint density at radius 3 is 1.96 bits per heavy atom. The molecular formula is C42H28N4S2. The molecule has 8 aromatic rings. The van der Waals surface area contributed by atoms with Crippen molar-refractivity contribution in [2.75, 3.05) is 0 Å². The zero-order valence-electron chi connectivity index (χ0n) is 25.7. The van der Waals surface area contributed by atoms with E-state index in [0.29, 0.717) is 0 Å². The maximum absolute atomic E-state index is 4.78. The van der Waals surface area contributed by atoms with Crippen LogP contribution in [0.5, 0.6) is 0 Å². The molecule has 0 fully saturated rings. The Morgan fingerprint density at radius 1 is 0.542 bits per heavy atom. The maximum Gasteiger partial charge on any atom is 0.124 e. The van der Waals surface area contributed by atoms with Crippen LogP contribution in [0.4, 0.5) is 0 Å². The van der Waals surface area contributed by atoms with E-state index in [1.54, 1.807) is 23.1 Å². The molecule has 1 N–H and O–H groups in total. The van der Waals surface area contributed by atoms with Gasteiger partial charge in [0.25, 0.3) is 0 Å². The summed E-state index contributed by atoms with van der Waals surface area (Å²) in [6, 6.07) is 39.5. The number of rotatable bonds is 6. The molecule has 0 amide bonds. The van der Waals surface area contributed by atoms with Crippen molar-refractivity contribution in [2.45, 2.75) is 5.37 Å². The second-order valence-electron chi connectivity index (χ2n) is 11.8. The molecule has 0 spiro atoms. The number of hydrogen-bond donors (Lipinski definition) is 1. The smallest absolute Gasteiger partial charge is 0.124 e. The third-order valence-electron chi connectivity index (χ3n) is 8.93. The van der Waals surface area contributed by atoms with Crippen molar-refractivity contribution in [2.24, 2.45) is 0 Å². The van der Waals surface area contributed by atoms with Gasteiger partial charge in [-0.25, -0.2) is 4.98 Å². The molecule has 1 aliphatic rings. The van der Waals surface area contributed by atoms with Crippen molar-refractivity contribution in [3.8, 4) is 55.1 Å². The van der Waals surface area contributed by atoms with Crippen molar-refractivity contribution in [1.29, 1.82) is 0 Å². The van der Waals surface area contributed by atoms with E-state index in [1.807, 2.05) is 42.6 Å². The van der Waals surface area contributed by atoms with Crippen LogP contribution in [0.3, 0.4) is 0 Å². The van der Waals surface area contributed by atoms with Gasteiger partial charge in [-0.05, 0) is 78.5 Å². The van der Waals surface area contributed by atoms with E-state index in [9.17, 15) is 0 Å². The van der Waals surface area contributed by atoms with Crippen LogP contribution in [0.1, 0.15) is 10.9 Å². The van der Waals surface area contributed by atoms with Gasteiger partial charge in [0.1, 0.15) is 10.4 Å². The van der Waals surface area contributed by atoms with Crippen LogP contribution in [0.25, 0.3) is 76.6 Å². The molecule has 4 heterocycles. The first-order chi connectivity index (χ1) is 23.8. The van der Waals surface area contributed by atoms with Gasteiger partial charge in [0.2, 0.25) is 0 Å². The van der Waals surface area contributed by atoms with Crippen LogP contribution in [0, 0.1) is 0 Å². The third-order valence-corrected chi connectivity index (χ3v) is 10.7. The zero-order valence-corrected chi connectivity index (χ0v) is 27.4. The van der Waals surface area contributed by atoms with Crippen LogP contribution < -0.4 is 5.32 Å². The number of nitrogens with one attached hydrogen (secondary N) is 1. The summed E-state index contributed by atoms with van der Waals surface area (Å²) in [6.07, 6.45) is 11.7. The number of thioether (sulfide) groups is 1. The van der Waals surface area contributed by atoms with Crippen molar-refractivity contribution in [1.82, 2.24) is 20.3 Å². The van der Waals surface area contributed by atoms with Crippen LogP contribution in [0.15, 0.2) is 157 Å². The molecule has 0 aliphatic carbocycles. The van der Waals surface area contributed by atoms with E-state index in [-0.39, 0.29) is 5.37 Å². The number of benzene rings is 5. The summed E-state index contributed by atoms with van der Waals surface area (Å²) in [5, 5.41) is 13.4. The molecule has 1 unspecified atom stereocenters. The largest absolute Gasteiger partial charge is 0.375 e. The van der Waals surface area contributed by atoms with E-state index in [1.165, 1.54) is 54.9 Å². The summed E-state index contributed by atoms with van der Waals surface area (Å²) in [6.45, 7) is 0. The summed E-state index contributed by atoms with van der Waals surface area (Å²) < 4.78 is 0. The maximum atomic E-state index is 4.78. The SMILES string of the molecule is C1=CSC(c2cncc(-c3c4ccccc4c(-c4cncc(-c5nccs5)c4)c4ccc(-c5ccccc5-c5ccccc5)cc34)c2)N1. The Balaban J connectivity index is 1.35. The molecule has 0 radical (unpaired) electrons. The number of pyridine rings is 2. The number of thiazole rings is 1. The predicted octanol–water partition coefficient (Wildman–Crippen LogP) is 11.4. The summed E-state index contributed by atoms with van der Waals surface area (Å²) in [5.74, 6) is 0. The number of hydrogen-bond acceptors (Lipinski definition) is 6. The van der Waals surface area contributed by atoms with Gasteiger partial charge in [-0.3, -0.25) is 9.97 Å². The van der Waals surface area contributed by atoms with Gasteiger partial charge >= 0.3 is 0 Å². The van der Waals surface area contributed by atoms with Crippen molar-refractivity contribution in [3.05, 3.63) is 163 Å². The van der Waals surface area contributed by atoms with Gasteiger partial charge in [0, 0.05) is 64.8 Å². The lowest BCUT2D eigenvalue weighted by molar-refractivity contribution is 0.856. The monoisotopic (exact) mass is 652 g/mol. The van der Waals surface area contributed by atoms with Gasteiger partial charge in [0.15, 0.2) is 0 Å². The molecule has 9 rings (SSSR count). The van der Waals surface area contributed by atoms with Crippen LogP contribution >= 0.6 is 23.1 Å². The number of fused-ring (bicyclic) bond motifs is 2. The highest BCUT2D eigenvalue weighted by Gasteiger charge is 2.21. The zero-order chi connectivity index (χ0) is 31.9. The number of aromatic nitrogens is 3. The lowest BCUT2D eigenvalue weighted by atomic mass is 9.84. The van der Waals surface area contributed by atoms with Gasteiger partial charge in [-0.1, -0.05) is 91.0 Å². The first-order valence-electron chi connectivity index (χ1n) is 15.8. The molecule has 1 aliphatic heterocycles. The van der Waals surface area contributed by atoms with E-state index in [4.69, 9.17) is 9.97 Å². The summed E-state index contributed by atoms with van der Waals surface area (Å²) in [5.41, 5.74) is 11.4. The van der Waals surface area contributed by atoms with E-state index in [2.05, 4.69) is 125 Å². The molecule has 0 bridgehead atoms. The van der Waals surface area contributed by atoms with Crippen molar-refractivity contribution < 1.29 is 0 Å². The van der Waals surface area contributed by atoms with Gasteiger partial charge < -0.3 is 5.32 Å². The van der Waals surface area contributed by atoms with E-state index >= 15 is 0 Å². The predicted molar refractivity (Wildman–Crippen MR) is 203 cm³/mol. The fourth-order valence-electron chi connectivity index (χ4n) is 6.83. The molecule has 1 atom stereocenters. The first-order valence-corrected chi connectivity index (χ1v) is 17.6. The standard InChI is InChI=1S/C42H28N4S2/c1-2-8-27(9-3-1)33-10-4-5-11-34(33)28-14-15-37-38(22-28)40(30-21-32(26-44-24-30)42-46-17-19-48-42)36-13-7-6-12-35(36)39(37)29-20-31(25-43-23-29)41-45-16-18-47-41/h1-26,42,46H. The van der Waals surface area contributed by atoms with E-state index in [0.717, 1.165) is 27.3 Å². The van der Waals surface area contributed by atoms with E-state index < -0.39 is 0 Å². The quantitative estimate of drug-likeness (QED) is 0.181. The second kappa shape index (κ2) is 12.2. The highest BCUT2D eigenvalue weighted by atomic mass is 32.2. The van der Waals surface area contributed by atoms with Crippen LogP contribution in [0.2, 0.25) is 0 Å². The molecule has 5 aromatic carbocycles. The molecule has 3 aromatic heterocycles. The van der Waals surface area contributed by atoms with Gasteiger partial charge in [0.05, 0.1) is 0 Å². The fourth-order valence-corrected chi connectivity index (χ4v) is 8.21. The van der Waals surface area contributed by atoms with Crippen molar-refractivity contribution in [3.63, 3.8) is 0 Å². The minimum absolute atomic E-state index is 0.141. The average molecular weight is 653 g/mol. The van der Waals surface area contributed by atoms with Gasteiger partial charge in [-0.2, -0.15) is 0 Å².